The molecule has 126 valence electrons. The SMILES string of the molecule is O=C(CC1SC2=NCCCN2C1=O)Nc1cc([N+](=O)[O-])ccc1Cl. The van der Waals surface area contributed by atoms with E-state index in [1.807, 2.05) is 0 Å². The minimum absolute atomic E-state index is 0.0436. The van der Waals surface area contributed by atoms with E-state index in [2.05, 4.69) is 10.3 Å². The second-order valence-electron chi connectivity index (χ2n) is 5.29. The number of thioether (sulfide) groups is 1. The largest absolute Gasteiger partial charge is 0.325 e. The van der Waals surface area contributed by atoms with Crippen LogP contribution in [0.5, 0.6) is 0 Å². The van der Waals surface area contributed by atoms with Crippen LogP contribution in [0.3, 0.4) is 0 Å². The molecule has 2 heterocycles. The summed E-state index contributed by atoms with van der Waals surface area (Å²) < 4.78 is 0. The van der Waals surface area contributed by atoms with Crippen molar-refractivity contribution in [2.45, 2.75) is 18.1 Å². The van der Waals surface area contributed by atoms with Gasteiger partial charge in [0.1, 0.15) is 5.25 Å². The van der Waals surface area contributed by atoms with E-state index in [0.29, 0.717) is 18.3 Å². The van der Waals surface area contributed by atoms with Crippen molar-refractivity contribution < 1.29 is 14.5 Å². The van der Waals surface area contributed by atoms with Crippen LogP contribution < -0.4 is 5.32 Å². The Balaban J connectivity index is 1.67. The average molecular weight is 369 g/mol. The first kappa shape index (κ1) is 16.7. The lowest BCUT2D eigenvalue weighted by Crippen LogP contribution is -2.36. The number of hydrogen-bond acceptors (Lipinski definition) is 6. The molecule has 1 saturated heterocycles. The minimum atomic E-state index is -0.571. The van der Waals surface area contributed by atoms with E-state index in [9.17, 15) is 19.7 Å². The van der Waals surface area contributed by atoms with Crippen LogP contribution in [0.4, 0.5) is 11.4 Å². The second-order valence-corrected chi connectivity index (χ2v) is 6.86. The van der Waals surface area contributed by atoms with E-state index in [1.54, 1.807) is 4.90 Å². The predicted octanol–water partition coefficient (Wildman–Crippen LogP) is 2.28. The second kappa shape index (κ2) is 6.78. The molecule has 1 aromatic carbocycles. The number of amidine groups is 1. The Morgan fingerprint density at radius 1 is 1.54 bits per heavy atom. The lowest BCUT2D eigenvalue weighted by Gasteiger charge is -2.19. The highest BCUT2D eigenvalue weighted by molar-refractivity contribution is 8.15. The van der Waals surface area contributed by atoms with Crippen molar-refractivity contribution in [3.8, 4) is 0 Å². The van der Waals surface area contributed by atoms with Gasteiger partial charge in [0, 0.05) is 31.6 Å². The molecule has 1 N–H and O–H groups in total. The number of anilines is 1. The van der Waals surface area contributed by atoms with Crippen LogP contribution in [0, 0.1) is 10.1 Å². The smallest absolute Gasteiger partial charge is 0.271 e. The molecule has 8 nitrogen and oxygen atoms in total. The predicted molar refractivity (Wildman–Crippen MR) is 91.4 cm³/mol. The Hall–Kier alpha value is -2.13. The fourth-order valence-electron chi connectivity index (χ4n) is 2.46. The molecule has 1 aromatic rings. The van der Waals surface area contributed by atoms with E-state index in [1.165, 1.54) is 30.0 Å². The standard InChI is InChI=1S/C14H13ClN4O4S/c15-9-3-2-8(19(22)23)6-10(9)17-12(20)7-11-13(21)18-5-1-4-16-14(18)24-11/h2-3,6,11H,1,4-5,7H2,(H,17,20). The normalized spacial score (nSPS) is 19.7. The number of halogens is 1. The molecular formula is C14H13ClN4O4S. The zero-order valence-corrected chi connectivity index (χ0v) is 14.0. The first-order valence-electron chi connectivity index (χ1n) is 7.22. The van der Waals surface area contributed by atoms with Gasteiger partial charge in [0.2, 0.25) is 11.8 Å². The summed E-state index contributed by atoms with van der Waals surface area (Å²) in [7, 11) is 0. The Bertz CT molecular complexity index is 754. The quantitative estimate of drug-likeness (QED) is 0.648. The molecule has 0 radical (unpaired) electrons. The van der Waals surface area contributed by atoms with Gasteiger partial charge in [0.15, 0.2) is 5.17 Å². The number of aliphatic imine (C=N–C) groups is 1. The number of fused-ring (bicyclic) bond motifs is 1. The number of amides is 2. The maximum Gasteiger partial charge on any atom is 0.271 e. The number of carbonyl (C=O) groups is 2. The molecule has 2 aliphatic rings. The Morgan fingerprint density at radius 3 is 3.04 bits per heavy atom. The highest BCUT2D eigenvalue weighted by atomic mass is 35.5. The summed E-state index contributed by atoms with van der Waals surface area (Å²) in [6, 6.07) is 3.79. The number of nitro groups is 1. The van der Waals surface area contributed by atoms with E-state index in [-0.39, 0.29) is 28.7 Å². The first-order valence-corrected chi connectivity index (χ1v) is 8.48. The molecule has 1 unspecified atom stereocenters. The van der Waals surface area contributed by atoms with Crippen LogP contribution in [0.15, 0.2) is 23.2 Å². The lowest BCUT2D eigenvalue weighted by atomic mass is 10.2. The molecule has 10 heteroatoms. The molecule has 0 bridgehead atoms. The number of non-ortho nitro benzene ring substituents is 1. The molecule has 0 aromatic heterocycles. The third kappa shape index (κ3) is 3.36. The fraction of sp³-hybridized carbons (Fsp3) is 0.357. The van der Waals surface area contributed by atoms with Crippen molar-refractivity contribution >= 4 is 51.7 Å². The first-order chi connectivity index (χ1) is 11.5. The van der Waals surface area contributed by atoms with Crippen molar-refractivity contribution in [3.63, 3.8) is 0 Å². The molecule has 3 rings (SSSR count). The third-order valence-electron chi connectivity index (χ3n) is 3.61. The maximum atomic E-state index is 12.3. The fourth-order valence-corrected chi connectivity index (χ4v) is 3.82. The highest BCUT2D eigenvalue weighted by Crippen LogP contribution is 2.32. The molecule has 1 fully saturated rings. The number of benzene rings is 1. The number of nitrogens with zero attached hydrogens (tertiary/aromatic N) is 3. The molecule has 0 saturated carbocycles. The van der Waals surface area contributed by atoms with Gasteiger partial charge >= 0.3 is 0 Å². The zero-order valence-electron chi connectivity index (χ0n) is 12.4. The van der Waals surface area contributed by atoms with Crippen LogP contribution in [-0.2, 0) is 9.59 Å². The summed E-state index contributed by atoms with van der Waals surface area (Å²) in [6.07, 6.45) is 0.774. The number of nitrogens with one attached hydrogen (secondary N) is 1. The Kier molecular flexibility index (Phi) is 4.72. The number of nitro benzene ring substituents is 1. The van der Waals surface area contributed by atoms with E-state index in [0.717, 1.165) is 6.42 Å². The number of hydrogen-bond donors (Lipinski definition) is 1. The van der Waals surface area contributed by atoms with Gasteiger partial charge < -0.3 is 5.32 Å². The molecule has 2 amide bonds. The van der Waals surface area contributed by atoms with Gasteiger partial charge in [-0.1, -0.05) is 23.4 Å². The highest BCUT2D eigenvalue weighted by Gasteiger charge is 2.39. The Morgan fingerprint density at radius 2 is 2.33 bits per heavy atom. The topological polar surface area (TPSA) is 105 Å². The molecule has 1 atom stereocenters. The maximum absolute atomic E-state index is 12.3. The monoisotopic (exact) mass is 368 g/mol. The minimum Gasteiger partial charge on any atom is -0.325 e. The Labute approximate surface area is 146 Å². The van der Waals surface area contributed by atoms with Crippen molar-refractivity contribution in [2.24, 2.45) is 4.99 Å². The third-order valence-corrected chi connectivity index (χ3v) is 5.16. The molecular weight excluding hydrogens is 356 g/mol. The van der Waals surface area contributed by atoms with Crippen LogP contribution in [-0.4, -0.2) is 45.1 Å². The van der Waals surface area contributed by atoms with Gasteiger partial charge in [-0.15, -0.1) is 0 Å². The van der Waals surface area contributed by atoms with Gasteiger partial charge in [0.05, 0.1) is 15.6 Å². The van der Waals surface area contributed by atoms with Crippen LogP contribution in [0.2, 0.25) is 5.02 Å². The van der Waals surface area contributed by atoms with Crippen LogP contribution in [0.1, 0.15) is 12.8 Å². The van der Waals surface area contributed by atoms with Crippen molar-refractivity contribution in [3.05, 3.63) is 33.3 Å². The summed E-state index contributed by atoms with van der Waals surface area (Å²) in [5.41, 5.74) is -0.0196. The summed E-state index contributed by atoms with van der Waals surface area (Å²) in [4.78, 5) is 40.6. The van der Waals surface area contributed by atoms with E-state index >= 15 is 0 Å². The van der Waals surface area contributed by atoms with Crippen LogP contribution >= 0.6 is 23.4 Å². The summed E-state index contributed by atoms with van der Waals surface area (Å²) in [6.45, 7) is 1.31. The van der Waals surface area contributed by atoms with Crippen LogP contribution in [0.25, 0.3) is 0 Å². The van der Waals surface area contributed by atoms with Crippen molar-refractivity contribution in [2.75, 3.05) is 18.4 Å². The molecule has 0 spiro atoms. The zero-order chi connectivity index (χ0) is 17.3. The van der Waals surface area contributed by atoms with Crippen molar-refractivity contribution in [1.82, 2.24) is 4.90 Å². The van der Waals surface area contributed by atoms with Gasteiger partial charge in [-0.25, -0.2) is 0 Å². The van der Waals surface area contributed by atoms with Crippen molar-refractivity contribution in [1.29, 1.82) is 0 Å². The lowest BCUT2D eigenvalue weighted by molar-refractivity contribution is -0.384. The molecule has 0 aliphatic carbocycles. The average Bonchev–Trinajstić information content (AvgIpc) is 2.86. The van der Waals surface area contributed by atoms with E-state index in [4.69, 9.17) is 11.6 Å². The van der Waals surface area contributed by atoms with Gasteiger partial charge in [-0.05, 0) is 12.5 Å². The van der Waals surface area contributed by atoms with E-state index < -0.39 is 16.1 Å². The summed E-state index contributed by atoms with van der Waals surface area (Å²) in [5.74, 6) is -0.553. The summed E-state index contributed by atoms with van der Waals surface area (Å²) >= 11 is 7.23. The van der Waals surface area contributed by atoms with Gasteiger partial charge in [-0.2, -0.15) is 0 Å². The molecule has 2 aliphatic heterocycles. The number of carbonyl (C=O) groups excluding carboxylic acids is 2. The summed E-state index contributed by atoms with van der Waals surface area (Å²) in [5, 5.41) is 13.7. The molecule has 24 heavy (non-hydrogen) atoms. The number of rotatable bonds is 4. The van der Waals surface area contributed by atoms with Gasteiger partial charge in [0.25, 0.3) is 5.69 Å². The van der Waals surface area contributed by atoms with Gasteiger partial charge in [-0.3, -0.25) is 29.6 Å².